The minimum absolute atomic E-state index is 0.139. The normalized spacial score (nSPS) is 21.3. The van der Waals surface area contributed by atoms with E-state index >= 15 is 0 Å². The molecule has 2 rings (SSSR count). The summed E-state index contributed by atoms with van der Waals surface area (Å²) in [5.41, 5.74) is 5.78. The van der Waals surface area contributed by atoms with E-state index in [1.54, 1.807) is 13.8 Å². The van der Waals surface area contributed by atoms with Crippen molar-refractivity contribution in [3.05, 3.63) is 29.3 Å². The van der Waals surface area contributed by atoms with Crippen molar-refractivity contribution in [1.29, 1.82) is 0 Å². The van der Waals surface area contributed by atoms with Gasteiger partial charge < -0.3 is 15.3 Å². The fourth-order valence-electron chi connectivity index (χ4n) is 2.42. The summed E-state index contributed by atoms with van der Waals surface area (Å²) in [6.07, 6.45) is -5.01. The van der Waals surface area contributed by atoms with E-state index in [4.69, 9.17) is 15.3 Å². The molecule has 1 aromatic carbocycles. The molecule has 0 aliphatic carbocycles. The molecule has 2 N–H and O–H groups in total. The van der Waals surface area contributed by atoms with Gasteiger partial charge >= 0.3 is 12.3 Å². The van der Waals surface area contributed by atoms with Crippen LogP contribution in [0.4, 0.5) is 23.7 Å². The summed E-state index contributed by atoms with van der Waals surface area (Å²) in [5, 5.41) is 1.25. The Kier molecular flexibility index (Phi) is 4.50. The number of carbonyl (C=O) groups is 1. The van der Waals surface area contributed by atoms with E-state index < -0.39 is 23.9 Å². The molecule has 8 heteroatoms. The Bertz CT molecular complexity index is 563. The first-order chi connectivity index (χ1) is 10.2. The van der Waals surface area contributed by atoms with Gasteiger partial charge in [-0.05, 0) is 44.0 Å². The Hall–Kier alpha value is -1.96. The average molecular weight is 318 g/mol. The van der Waals surface area contributed by atoms with Gasteiger partial charge in [0, 0.05) is 6.04 Å². The smallest absolute Gasteiger partial charge is 0.433 e. The molecule has 0 radical (unpaired) electrons. The van der Waals surface area contributed by atoms with Gasteiger partial charge in [0.05, 0.1) is 23.9 Å². The summed E-state index contributed by atoms with van der Waals surface area (Å²) in [4.78, 5) is 16.6. The molecule has 22 heavy (non-hydrogen) atoms. The minimum atomic E-state index is -4.45. The Labute approximate surface area is 125 Å². The molecular formula is C14H17F3N2O3. The number of benzene rings is 1. The SMILES string of the molecule is CCOC(=O)ON1c2ccc(C(F)(F)F)cc2[C@@H](N)C[C@H]1C. The number of anilines is 1. The molecule has 0 fully saturated rings. The lowest BCUT2D eigenvalue weighted by molar-refractivity contribution is -0.137. The number of ether oxygens (including phenoxy) is 1. The first kappa shape index (κ1) is 16.4. The third-order valence-electron chi connectivity index (χ3n) is 3.42. The van der Waals surface area contributed by atoms with E-state index in [-0.39, 0.29) is 18.2 Å². The predicted octanol–water partition coefficient (Wildman–Crippen LogP) is 3.39. The molecule has 0 spiro atoms. The second kappa shape index (κ2) is 6.04. The van der Waals surface area contributed by atoms with E-state index in [0.717, 1.165) is 12.1 Å². The van der Waals surface area contributed by atoms with Crippen LogP contribution in [-0.2, 0) is 15.8 Å². The van der Waals surface area contributed by atoms with Gasteiger partial charge in [0.25, 0.3) is 0 Å². The highest BCUT2D eigenvalue weighted by Gasteiger charge is 2.36. The van der Waals surface area contributed by atoms with Gasteiger partial charge in [-0.3, -0.25) is 0 Å². The molecule has 1 aliphatic heterocycles. The van der Waals surface area contributed by atoms with Crippen molar-refractivity contribution in [3.63, 3.8) is 0 Å². The van der Waals surface area contributed by atoms with Crippen molar-refractivity contribution in [3.8, 4) is 0 Å². The summed E-state index contributed by atoms with van der Waals surface area (Å²) in [7, 11) is 0. The zero-order valence-electron chi connectivity index (χ0n) is 12.2. The molecule has 1 aliphatic rings. The summed E-state index contributed by atoms with van der Waals surface area (Å²) in [6.45, 7) is 3.53. The molecule has 0 unspecified atom stereocenters. The maximum Gasteiger partial charge on any atom is 0.533 e. The van der Waals surface area contributed by atoms with Crippen LogP contribution in [0.15, 0.2) is 18.2 Å². The van der Waals surface area contributed by atoms with E-state index in [1.807, 2.05) is 0 Å². The van der Waals surface area contributed by atoms with Gasteiger partial charge in [0.1, 0.15) is 0 Å². The Balaban J connectivity index is 2.36. The van der Waals surface area contributed by atoms with Gasteiger partial charge in [-0.25, -0.2) is 9.86 Å². The van der Waals surface area contributed by atoms with Crippen LogP contribution < -0.4 is 10.8 Å². The maximum absolute atomic E-state index is 12.8. The van der Waals surface area contributed by atoms with Crippen LogP contribution in [0, 0.1) is 0 Å². The summed E-state index contributed by atoms with van der Waals surface area (Å²) < 4.78 is 43.1. The number of hydroxylamine groups is 1. The monoisotopic (exact) mass is 318 g/mol. The lowest BCUT2D eigenvalue weighted by Gasteiger charge is -2.37. The second-order valence-corrected chi connectivity index (χ2v) is 5.06. The zero-order chi connectivity index (χ0) is 16.5. The molecule has 5 nitrogen and oxygen atoms in total. The van der Waals surface area contributed by atoms with Gasteiger partial charge in [-0.1, -0.05) is 0 Å². The maximum atomic E-state index is 12.8. The van der Waals surface area contributed by atoms with E-state index in [2.05, 4.69) is 0 Å². The number of nitrogens with two attached hydrogens (primary N) is 1. The second-order valence-electron chi connectivity index (χ2n) is 5.06. The summed E-state index contributed by atoms with van der Waals surface area (Å²) in [5.74, 6) is 0. The summed E-state index contributed by atoms with van der Waals surface area (Å²) >= 11 is 0. The molecule has 0 bridgehead atoms. The molecule has 2 atom stereocenters. The third-order valence-corrected chi connectivity index (χ3v) is 3.42. The standard InChI is InChI=1S/C14H17F3N2O3/c1-3-21-13(20)22-19-8(2)6-11(18)10-7-9(14(15,16)17)4-5-12(10)19/h4-5,7-8,11H,3,6,18H2,1-2H3/t8-,11+/m1/s1. The highest BCUT2D eigenvalue weighted by molar-refractivity contribution is 5.65. The third kappa shape index (κ3) is 3.27. The molecule has 122 valence electrons. The number of hydrogen-bond donors (Lipinski definition) is 1. The molecule has 0 aromatic heterocycles. The lowest BCUT2D eigenvalue weighted by atomic mass is 9.92. The molecule has 0 saturated heterocycles. The van der Waals surface area contributed by atoms with Crippen molar-refractivity contribution in [2.45, 2.75) is 38.5 Å². The number of alkyl halides is 3. The fraction of sp³-hybridized carbons (Fsp3) is 0.500. The van der Waals surface area contributed by atoms with E-state index in [0.29, 0.717) is 12.1 Å². The Morgan fingerprint density at radius 2 is 2.14 bits per heavy atom. The number of halogens is 3. The van der Waals surface area contributed by atoms with Crippen molar-refractivity contribution >= 4 is 11.8 Å². The highest BCUT2D eigenvalue weighted by atomic mass is 19.4. The van der Waals surface area contributed by atoms with Crippen molar-refractivity contribution < 1.29 is 27.5 Å². The number of fused-ring (bicyclic) bond motifs is 1. The fourth-order valence-corrected chi connectivity index (χ4v) is 2.42. The van der Waals surface area contributed by atoms with Crippen LogP contribution >= 0.6 is 0 Å². The average Bonchev–Trinajstić information content (AvgIpc) is 2.42. The highest BCUT2D eigenvalue weighted by Crippen LogP contribution is 2.40. The van der Waals surface area contributed by atoms with Gasteiger partial charge in [0.15, 0.2) is 0 Å². The Morgan fingerprint density at radius 3 is 2.73 bits per heavy atom. The first-order valence-corrected chi connectivity index (χ1v) is 6.84. The molecule has 1 heterocycles. The van der Waals surface area contributed by atoms with E-state index in [9.17, 15) is 18.0 Å². The molecular weight excluding hydrogens is 301 g/mol. The predicted molar refractivity (Wildman–Crippen MR) is 73.0 cm³/mol. The van der Waals surface area contributed by atoms with Gasteiger partial charge in [0.2, 0.25) is 0 Å². The van der Waals surface area contributed by atoms with Crippen LogP contribution in [0.3, 0.4) is 0 Å². The number of carbonyl (C=O) groups excluding carboxylic acids is 1. The number of hydrogen-bond acceptors (Lipinski definition) is 5. The van der Waals surface area contributed by atoms with Gasteiger partial charge in [-0.2, -0.15) is 13.2 Å². The lowest BCUT2D eigenvalue weighted by Crippen LogP contribution is -2.42. The van der Waals surface area contributed by atoms with Gasteiger partial charge in [-0.15, -0.1) is 0 Å². The topological polar surface area (TPSA) is 64.8 Å². The van der Waals surface area contributed by atoms with Crippen LogP contribution in [0.25, 0.3) is 0 Å². The molecule has 0 saturated carbocycles. The largest absolute Gasteiger partial charge is 0.533 e. The number of rotatable bonds is 2. The quantitative estimate of drug-likeness (QED) is 0.847. The zero-order valence-corrected chi connectivity index (χ0v) is 12.2. The van der Waals surface area contributed by atoms with Crippen LogP contribution in [0.5, 0.6) is 0 Å². The van der Waals surface area contributed by atoms with Crippen molar-refractivity contribution in [2.75, 3.05) is 11.7 Å². The van der Waals surface area contributed by atoms with Crippen LogP contribution in [0.1, 0.15) is 37.4 Å². The van der Waals surface area contributed by atoms with E-state index in [1.165, 1.54) is 11.1 Å². The number of nitrogens with zero attached hydrogens (tertiary/aromatic N) is 1. The van der Waals surface area contributed by atoms with Crippen LogP contribution in [0.2, 0.25) is 0 Å². The van der Waals surface area contributed by atoms with Crippen molar-refractivity contribution in [2.24, 2.45) is 5.73 Å². The molecule has 1 aromatic rings. The van der Waals surface area contributed by atoms with Crippen molar-refractivity contribution in [1.82, 2.24) is 0 Å². The Morgan fingerprint density at radius 1 is 1.45 bits per heavy atom. The summed E-state index contributed by atoms with van der Waals surface area (Å²) in [6, 6.07) is 2.35. The van der Waals surface area contributed by atoms with Crippen LogP contribution in [-0.4, -0.2) is 18.8 Å². The molecule has 0 amide bonds. The first-order valence-electron chi connectivity index (χ1n) is 6.84. The minimum Gasteiger partial charge on any atom is -0.433 e.